The maximum atomic E-state index is 5.73. The van der Waals surface area contributed by atoms with Crippen molar-refractivity contribution in [3.8, 4) is 11.3 Å². The third-order valence-corrected chi connectivity index (χ3v) is 4.21. The zero-order chi connectivity index (χ0) is 15.7. The van der Waals surface area contributed by atoms with E-state index in [-0.39, 0.29) is 0 Å². The normalized spacial score (nSPS) is 11.3. The lowest BCUT2D eigenvalue weighted by atomic mass is 10.0. The standard InChI is InChI=1S/C19H23N3/c1-13-8-9-14(2)16(12-13)18-17(7-4-10-20)22-11-5-6-15(3)19(22)21-18/h5-6,8-9,11-12H,4,7,10,20H2,1-3H3. The van der Waals surface area contributed by atoms with Gasteiger partial charge in [-0.05, 0) is 63.4 Å². The number of imidazole rings is 1. The van der Waals surface area contributed by atoms with Crippen LogP contribution in [0, 0.1) is 20.8 Å². The summed E-state index contributed by atoms with van der Waals surface area (Å²) in [5.74, 6) is 0. The molecule has 2 heterocycles. The number of nitrogens with zero attached hydrogens (tertiary/aromatic N) is 2. The number of aromatic nitrogens is 2. The Kier molecular flexibility index (Phi) is 3.99. The number of rotatable bonds is 4. The Bertz CT molecular complexity index is 815. The molecule has 0 aliphatic rings. The first-order valence-electron chi connectivity index (χ1n) is 7.86. The van der Waals surface area contributed by atoms with Gasteiger partial charge in [0.15, 0.2) is 0 Å². The molecule has 0 aliphatic carbocycles. The molecule has 1 aromatic carbocycles. The van der Waals surface area contributed by atoms with E-state index in [1.807, 2.05) is 0 Å². The molecule has 0 atom stereocenters. The third kappa shape index (κ3) is 2.53. The zero-order valence-corrected chi connectivity index (χ0v) is 13.6. The molecule has 0 spiro atoms. The van der Waals surface area contributed by atoms with E-state index in [2.05, 4.69) is 61.7 Å². The zero-order valence-electron chi connectivity index (χ0n) is 13.6. The van der Waals surface area contributed by atoms with E-state index >= 15 is 0 Å². The molecule has 2 N–H and O–H groups in total. The summed E-state index contributed by atoms with van der Waals surface area (Å²) < 4.78 is 2.22. The van der Waals surface area contributed by atoms with Crippen LogP contribution in [-0.4, -0.2) is 15.9 Å². The second kappa shape index (κ2) is 5.93. The van der Waals surface area contributed by atoms with Gasteiger partial charge >= 0.3 is 0 Å². The minimum atomic E-state index is 0.700. The molecule has 3 heteroatoms. The van der Waals surface area contributed by atoms with Gasteiger partial charge in [0.25, 0.3) is 0 Å². The molecule has 0 aliphatic heterocycles. The van der Waals surface area contributed by atoms with Crippen LogP contribution in [0.3, 0.4) is 0 Å². The molecule has 3 aromatic rings. The topological polar surface area (TPSA) is 43.3 Å². The Morgan fingerprint density at radius 1 is 1.09 bits per heavy atom. The van der Waals surface area contributed by atoms with Crippen molar-refractivity contribution >= 4 is 5.65 Å². The van der Waals surface area contributed by atoms with Gasteiger partial charge in [-0.15, -0.1) is 0 Å². The van der Waals surface area contributed by atoms with E-state index in [1.54, 1.807) is 0 Å². The molecule has 0 unspecified atom stereocenters. The lowest BCUT2D eigenvalue weighted by Gasteiger charge is -2.08. The van der Waals surface area contributed by atoms with Crippen LogP contribution >= 0.6 is 0 Å². The molecule has 3 rings (SSSR count). The Morgan fingerprint density at radius 3 is 2.68 bits per heavy atom. The van der Waals surface area contributed by atoms with Gasteiger partial charge in [0.2, 0.25) is 0 Å². The van der Waals surface area contributed by atoms with Crippen molar-refractivity contribution in [1.29, 1.82) is 0 Å². The van der Waals surface area contributed by atoms with Crippen LogP contribution in [0.15, 0.2) is 36.5 Å². The smallest absolute Gasteiger partial charge is 0.140 e. The largest absolute Gasteiger partial charge is 0.330 e. The van der Waals surface area contributed by atoms with Crippen LogP contribution in [0.1, 0.15) is 28.8 Å². The van der Waals surface area contributed by atoms with Crippen LogP contribution in [-0.2, 0) is 6.42 Å². The third-order valence-electron chi connectivity index (χ3n) is 4.21. The van der Waals surface area contributed by atoms with Gasteiger partial charge in [0.1, 0.15) is 5.65 Å². The predicted octanol–water partition coefficient (Wildman–Crippen LogP) is 3.82. The molecule has 0 saturated heterocycles. The summed E-state index contributed by atoms with van der Waals surface area (Å²) >= 11 is 0. The van der Waals surface area contributed by atoms with E-state index in [0.29, 0.717) is 6.54 Å². The molecule has 0 amide bonds. The van der Waals surface area contributed by atoms with Crippen LogP contribution in [0.4, 0.5) is 0 Å². The van der Waals surface area contributed by atoms with Gasteiger partial charge in [-0.3, -0.25) is 0 Å². The number of aryl methyl sites for hydroxylation is 4. The van der Waals surface area contributed by atoms with E-state index in [4.69, 9.17) is 10.7 Å². The van der Waals surface area contributed by atoms with Crippen molar-refractivity contribution in [2.45, 2.75) is 33.6 Å². The molecule has 0 saturated carbocycles. The van der Waals surface area contributed by atoms with Crippen LogP contribution in [0.25, 0.3) is 16.9 Å². The number of benzene rings is 1. The predicted molar refractivity (Wildman–Crippen MR) is 92.2 cm³/mol. The summed E-state index contributed by atoms with van der Waals surface area (Å²) in [4.78, 5) is 4.96. The monoisotopic (exact) mass is 293 g/mol. The first-order valence-corrected chi connectivity index (χ1v) is 7.86. The maximum absolute atomic E-state index is 5.73. The number of fused-ring (bicyclic) bond motifs is 1. The lowest BCUT2D eigenvalue weighted by molar-refractivity contribution is 0.803. The van der Waals surface area contributed by atoms with Crippen molar-refractivity contribution in [2.24, 2.45) is 5.73 Å². The Labute approximate surface area is 131 Å². The molecule has 0 fully saturated rings. The second-order valence-electron chi connectivity index (χ2n) is 6.00. The summed E-state index contributed by atoms with van der Waals surface area (Å²) in [6.45, 7) is 7.09. The van der Waals surface area contributed by atoms with Gasteiger partial charge in [0, 0.05) is 11.8 Å². The summed E-state index contributed by atoms with van der Waals surface area (Å²) in [6, 6.07) is 10.8. The van der Waals surface area contributed by atoms with E-state index in [0.717, 1.165) is 24.2 Å². The minimum absolute atomic E-state index is 0.700. The Balaban J connectivity index is 2.27. The summed E-state index contributed by atoms with van der Waals surface area (Å²) in [5, 5.41) is 0. The molecular weight excluding hydrogens is 270 g/mol. The van der Waals surface area contributed by atoms with E-state index in [1.165, 1.54) is 27.9 Å². The van der Waals surface area contributed by atoms with Crippen LogP contribution in [0.5, 0.6) is 0 Å². The van der Waals surface area contributed by atoms with E-state index in [9.17, 15) is 0 Å². The van der Waals surface area contributed by atoms with Gasteiger partial charge < -0.3 is 10.1 Å². The van der Waals surface area contributed by atoms with E-state index < -0.39 is 0 Å². The highest BCUT2D eigenvalue weighted by Gasteiger charge is 2.16. The van der Waals surface area contributed by atoms with Gasteiger partial charge in [0.05, 0.1) is 11.4 Å². The fourth-order valence-electron chi connectivity index (χ4n) is 2.97. The number of hydrogen-bond acceptors (Lipinski definition) is 2. The van der Waals surface area contributed by atoms with Crippen molar-refractivity contribution in [3.05, 3.63) is 58.9 Å². The number of nitrogens with two attached hydrogens (primary N) is 1. The fraction of sp³-hybridized carbons (Fsp3) is 0.316. The molecule has 3 nitrogen and oxygen atoms in total. The lowest BCUT2D eigenvalue weighted by Crippen LogP contribution is -2.03. The number of pyridine rings is 1. The van der Waals surface area contributed by atoms with Crippen molar-refractivity contribution in [2.75, 3.05) is 6.54 Å². The highest BCUT2D eigenvalue weighted by atomic mass is 15.0. The summed E-state index contributed by atoms with van der Waals surface area (Å²) in [7, 11) is 0. The summed E-state index contributed by atoms with van der Waals surface area (Å²) in [6.07, 6.45) is 4.03. The first kappa shape index (κ1) is 14.8. The summed E-state index contributed by atoms with van der Waals surface area (Å²) in [5.41, 5.74) is 14.1. The highest BCUT2D eigenvalue weighted by Crippen LogP contribution is 2.29. The highest BCUT2D eigenvalue weighted by molar-refractivity contribution is 5.71. The molecule has 2 aromatic heterocycles. The van der Waals surface area contributed by atoms with Gasteiger partial charge in [-0.25, -0.2) is 4.98 Å². The Morgan fingerprint density at radius 2 is 1.91 bits per heavy atom. The molecule has 0 radical (unpaired) electrons. The Hall–Kier alpha value is -2.13. The van der Waals surface area contributed by atoms with Gasteiger partial charge in [-0.2, -0.15) is 0 Å². The quantitative estimate of drug-likeness (QED) is 0.794. The molecule has 114 valence electrons. The molecule has 22 heavy (non-hydrogen) atoms. The van der Waals surface area contributed by atoms with Crippen molar-refractivity contribution in [3.63, 3.8) is 0 Å². The average Bonchev–Trinajstić information content (AvgIpc) is 2.87. The average molecular weight is 293 g/mol. The maximum Gasteiger partial charge on any atom is 0.140 e. The van der Waals surface area contributed by atoms with Gasteiger partial charge in [-0.1, -0.05) is 23.8 Å². The molecule has 0 bridgehead atoms. The van der Waals surface area contributed by atoms with Crippen molar-refractivity contribution in [1.82, 2.24) is 9.38 Å². The number of hydrogen-bond donors (Lipinski definition) is 1. The molecular formula is C19H23N3. The van der Waals surface area contributed by atoms with Crippen LogP contribution in [0.2, 0.25) is 0 Å². The SMILES string of the molecule is Cc1ccc(C)c(-c2nc3c(C)cccn3c2CCCN)c1. The fourth-order valence-corrected chi connectivity index (χ4v) is 2.97. The van der Waals surface area contributed by atoms with Crippen molar-refractivity contribution < 1.29 is 0 Å². The minimum Gasteiger partial charge on any atom is -0.330 e. The first-order chi connectivity index (χ1) is 10.6. The van der Waals surface area contributed by atoms with Crippen LogP contribution < -0.4 is 5.73 Å². The second-order valence-corrected chi connectivity index (χ2v) is 6.00.